The van der Waals surface area contributed by atoms with E-state index in [1.807, 2.05) is 50.2 Å². The number of benzene rings is 1. The lowest BCUT2D eigenvalue weighted by atomic mass is 10.2. The summed E-state index contributed by atoms with van der Waals surface area (Å²) in [6.45, 7) is 6.64. The number of rotatable bonds is 5. The van der Waals surface area contributed by atoms with E-state index in [2.05, 4.69) is 15.3 Å². The Morgan fingerprint density at radius 3 is 2.62 bits per heavy atom. The Kier molecular flexibility index (Phi) is 5.27. The maximum Gasteiger partial charge on any atom is 0.239 e. The first kappa shape index (κ1) is 16.7. The monoisotopic (exact) mass is 328 g/mol. The molecule has 128 valence electrons. The molecule has 3 rings (SSSR count). The van der Waals surface area contributed by atoms with Crippen molar-refractivity contribution in [2.75, 3.05) is 25.0 Å². The van der Waals surface area contributed by atoms with E-state index in [1.165, 1.54) is 0 Å². The van der Waals surface area contributed by atoms with Gasteiger partial charge in [-0.25, -0.2) is 4.68 Å². The van der Waals surface area contributed by atoms with E-state index < -0.39 is 0 Å². The molecule has 0 radical (unpaired) electrons. The summed E-state index contributed by atoms with van der Waals surface area (Å²) in [5, 5.41) is 7.27. The van der Waals surface area contributed by atoms with Crippen LogP contribution in [0.1, 0.15) is 19.4 Å². The van der Waals surface area contributed by atoms with Gasteiger partial charge < -0.3 is 10.1 Å². The molecule has 1 aliphatic rings. The number of hydrogen-bond acceptors (Lipinski definition) is 4. The van der Waals surface area contributed by atoms with Crippen molar-refractivity contribution in [3.05, 3.63) is 48.2 Å². The molecule has 1 saturated heterocycles. The van der Waals surface area contributed by atoms with Crippen LogP contribution in [-0.4, -0.2) is 52.4 Å². The van der Waals surface area contributed by atoms with Crippen LogP contribution in [-0.2, 0) is 16.1 Å². The second-order valence-electron chi connectivity index (χ2n) is 6.36. The molecule has 24 heavy (non-hydrogen) atoms. The molecule has 6 heteroatoms. The molecule has 1 aromatic carbocycles. The molecule has 2 atom stereocenters. The Balaban J connectivity index is 1.58. The molecule has 0 bridgehead atoms. The Bertz CT molecular complexity index is 661. The number of nitrogens with zero attached hydrogens (tertiary/aromatic N) is 3. The first-order chi connectivity index (χ1) is 11.6. The number of carbonyl (C=O) groups is 1. The molecule has 1 fully saturated rings. The highest BCUT2D eigenvalue weighted by Crippen LogP contribution is 2.12. The minimum Gasteiger partial charge on any atom is -0.373 e. The first-order valence-corrected chi connectivity index (χ1v) is 8.33. The van der Waals surface area contributed by atoms with Gasteiger partial charge >= 0.3 is 0 Å². The summed E-state index contributed by atoms with van der Waals surface area (Å²) in [5.41, 5.74) is 1.15. The number of aromatic nitrogens is 2. The van der Waals surface area contributed by atoms with Gasteiger partial charge in [0.15, 0.2) is 0 Å². The van der Waals surface area contributed by atoms with Crippen molar-refractivity contribution in [1.82, 2.24) is 14.7 Å². The number of nitrogens with one attached hydrogen (secondary N) is 1. The molecule has 2 heterocycles. The highest BCUT2D eigenvalue weighted by Gasteiger charge is 2.23. The van der Waals surface area contributed by atoms with Gasteiger partial charge in [0, 0.05) is 19.2 Å². The van der Waals surface area contributed by atoms with Gasteiger partial charge in [0.2, 0.25) is 5.91 Å². The fraction of sp³-hybridized carbons (Fsp3) is 0.444. The average Bonchev–Trinajstić information content (AvgIpc) is 2.94. The topological polar surface area (TPSA) is 59.4 Å². The molecular weight excluding hydrogens is 304 g/mol. The number of ether oxygens (including phenoxy) is 1. The van der Waals surface area contributed by atoms with Gasteiger partial charge in [0.05, 0.1) is 31.5 Å². The van der Waals surface area contributed by atoms with Gasteiger partial charge in [-0.15, -0.1) is 0 Å². The second-order valence-corrected chi connectivity index (χ2v) is 6.36. The fourth-order valence-corrected chi connectivity index (χ4v) is 3.12. The van der Waals surface area contributed by atoms with Crippen molar-refractivity contribution in [2.45, 2.75) is 32.6 Å². The third-order valence-electron chi connectivity index (χ3n) is 4.02. The van der Waals surface area contributed by atoms with Crippen LogP contribution in [0.5, 0.6) is 0 Å². The second kappa shape index (κ2) is 7.59. The standard InChI is InChI=1S/C18H24N4O2/c1-14-10-21(11-15(2)24-14)13-18(23)20-17-8-9-19-22(17)12-16-6-4-3-5-7-16/h3-9,14-15H,10-13H2,1-2H3,(H,20,23)/t14-,15-/m0/s1. The van der Waals surface area contributed by atoms with Crippen LogP contribution in [0.4, 0.5) is 5.82 Å². The number of anilines is 1. The molecule has 0 saturated carbocycles. The van der Waals surface area contributed by atoms with Gasteiger partial charge in [-0.2, -0.15) is 5.10 Å². The predicted molar refractivity (Wildman–Crippen MR) is 92.8 cm³/mol. The quantitative estimate of drug-likeness (QED) is 0.912. The lowest BCUT2D eigenvalue weighted by Crippen LogP contribution is -2.48. The third-order valence-corrected chi connectivity index (χ3v) is 4.02. The Labute approximate surface area is 142 Å². The lowest BCUT2D eigenvalue weighted by Gasteiger charge is -2.34. The molecule has 1 amide bonds. The average molecular weight is 328 g/mol. The van der Waals surface area contributed by atoms with Crippen molar-refractivity contribution in [2.24, 2.45) is 0 Å². The van der Waals surface area contributed by atoms with E-state index in [-0.39, 0.29) is 18.1 Å². The highest BCUT2D eigenvalue weighted by molar-refractivity contribution is 5.91. The van der Waals surface area contributed by atoms with Crippen LogP contribution in [0.15, 0.2) is 42.6 Å². The van der Waals surface area contributed by atoms with E-state index in [9.17, 15) is 4.79 Å². The molecule has 6 nitrogen and oxygen atoms in total. The van der Waals surface area contributed by atoms with E-state index in [0.717, 1.165) is 24.5 Å². The first-order valence-electron chi connectivity index (χ1n) is 8.33. The minimum absolute atomic E-state index is 0.0221. The molecule has 0 unspecified atom stereocenters. The summed E-state index contributed by atoms with van der Waals surface area (Å²) >= 11 is 0. The summed E-state index contributed by atoms with van der Waals surface area (Å²) in [4.78, 5) is 14.5. The summed E-state index contributed by atoms with van der Waals surface area (Å²) in [5.74, 6) is 0.698. The zero-order valence-electron chi connectivity index (χ0n) is 14.2. The Hall–Kier alpha value is -2.18. The lowest BCUT2D eigenvalue weighted by molar-refractivity contribution is -0.121. The Morgan fingerprint density at radius 1 is 1.21 bits per heavy atom. The van der Waals surface area contributed by atoms with Gasteiger partial charge in [-0.3, -0.25) is 9.69 Å². The van der Waals surface area contributed by atoms with E-state index in [0.29, 0.717) is 13.1 Å². The summed E-state index contributed by atoms with van der Waals surface area (Å²) in [6.07, 6.45) is 2.02. The van der Waals surface area contributed by atoms with Crippen LogP contribution in [0.2, 0.25) is 0 Å². The molecule has 1 N–H and O–H groups in total. The van der Waals surface area contributed by atoms with Crippen molar-refractivity contribution in [1.29, 1.82) is 0 Å². The number of hydrogen-bond donors (Lipinski definition) is 1. The predicted octanol–water partition coefficient (Wildman–Crippen LogP) is 1.98. The normalized spacial score (nSPS) is 21.6. The minimum atomic E-state index is -0.0221. The Morgan fingerprint density at radius 2 is 1.92 bits per heavy atom. The van der Waals surface area contributed by atoms with Crippen LogP contribution in [0, 0.1) is 0 Å². The largest absolute Gasteiger partial charge is 0.373 e. The van der Waals surface area contributed by atoms with Crippen molar-refractivity contribution in [3.8, 4) is 0 Å². The van der Waals surface area contributed by atoms with Crippen LogP contribution >= 0.6 is 0 Å². The van der Waals surface area contributed by atoms with Gasteiger partial charge in [0.1, 0.15) is 5.82 Å². The highest BCUT2D eigenvalue weighted by atomic mass is 16.5. The molecule has 2 aromatic rings. The number of amides is 1. The maximum atomic E-state index is 12.4. The molecule has 0 aliphatic carbocycles. The fourth-order valence-electron chi connectivity index (χ4n) is 3.12. The molecule has 1 aromatic heterocycles. The molecule has 0 spiro atoms. The summed E-state index contributed by atoms with van der Waals surface area (Å²) in [6, 6.07) is 11.9. The van der Waals surface area contributed by atoms with Crippen molar-refractivity contribution < 1.29 is 9.53 Å². The SMILES string of the molecule is C[C@H]1CN(CC(=O)Nc2ccnn2Cc2ccccc2)C[C@H](C)O1. The van der Waals surface area contributed by atoms with E-state index in [1.54, 1.807) is 10.9 Å². The van der Waals surface area contributed by atoms with Gasteiger partial charge in [-0.1, -0.05) is 30.3 Å². The zero-order valence-corrected chi connectivity index (χ0v) is 14.2. The zero-order chi connectivity index (χ0) is 16.9. The molecule has 1 aliphatic heterocycles. The van der Waals surface area contributed by atoms with Gasteiger partial charge in [-0.05, 0) is 19.4 Å². The van der Waals surface area contributed by atoms with Crippen LogP contribution < -0.4 is 5.32 Å². The molecular formula is C18H24N4O2. The van der Waals surface area contributed by atoms with Gasteiger partial charge in [0.25, 0.3) is 0 Å². The smallest absolute Gasteiger partial charge is 0.239 e. The van der Waals surface area contributed by atoms with Crippen molar-refractivity contribution >= 4 is 11.7 Å². The summed E-state index contributed by atoms with van der Waals surface area (Å²) < 4.78 is 7.51. The van der Waals surface area contributed by atoms with E-state index in [4.69, 9.17) is 4.74 Å². The number of morpholine rings is 1. The van der Waals surface area contributed by atoms with Crippen LogP contribution in [0.3, 0.4) is 0 Å². The third kappa shape index (κ3) is 4.43. The van der Waals surface area contributed by atoms with Crippen LogP contribution in [0.25, 0.3) is 0 Å². The van der Waals surface area contributed by atoms with Crippen molar-refractivity contribution in [3.63, 3.8) is 0 Å². The number of carbonyl (C=O) groups excluding carboxylic acids is 1. The van der Waals surface area contributed by atoms with E-state index >= 15 is 0 Å². The summed E-state index contributed by atoms with van der Waals surface area (Å²) in [7, 11) is 0. The maximum absolute atomic E-state index is 12.4.